The number of amides is 1. The Kier molecular flexibility index (Phi) is 6.93. The zero-order valence-corrected chi connectivity index (χ0v) is 16.7. The molecule has 1 N–H and O–H groups in total. The molecule has 0 saturated carbocycles. The van der Waals surface area contributed by atoms with Crippen molar-refractivity contribution in [3.63, 3.8) is 0 Å². The predicted octanol–water partition coefficient (Wildman–Crippen LogP) is 3.77. The first-order valence-electron chi connectivity index (χ1n) is 7.54. The lowest BCUT2D eigenvalue weighted by Crippen LogP contribution is -2.13. The molecule has 0 heterocycles. The molecule has 0 aromatic heterocycles. The van der Waals surface area contributed by atoms with E-state index in [2.05, 4.69) is 5.32 Å². The van der Waals surface area contributed by atoms with Crippen LogP contribution in [0.15, 0.2) is 41.3 Å². The van der Waals surface area contributed by atoms with Gasteiger partial charge in [0.05, 0.1) is 15.1 Å². The van der Waals surface area contributed by atoms with E-state index in [0.29, 0.717) is 12.2 Å². The molecule has 26 heavy (non-hydrogen) atoms. The van der Waals surface area contributed by atoms with Gasteiger partial charge in [-0.2, -0.15) is 0 Å². The van der Waals surface area contributed by atoms with Crippen LogP contribution in [0, 0.1) is 15.2 Å². The SMILES string of the molecule is CS(=O)(=O)c1ccc(OCCCC(=O)Nc2cc(F)c(I)c(F)c2)cc1. The fourth-order valence-electron chi connectivity index (χ4n) is 2.06. The summed E-state index contributed by atoms with van der Waals surface area (Å²) in [5.41, 5.74) is 0.0581. The molecule has 140 valence electrons. The van der Waals surface area contributed by atoms with Gasteiger partial charge in [0.25, 0.3) is 0 Å². The molecular formula is C17H16F2INO4S. The lowest BCUT2D eigenvalue weighted by molar-refractivity contribution is -0.116. The molecule has 0 aliphatic heterocycles. The smallest absolute Gasteiger partial charge is 0.224 e. The van der Waals surface area contributed by atoms with Gasteiger partial charge in [-0.3, -0.25) is 4.79 Å². The van der Waals surface area contributed by atoms with E-state index in [-0.39, 0.29) is 33.1 Å². The van der Waals surface area contributed by atoms with Crippen LogP contribution in [0.5, 0.6) is 5.75 Å². The lowest BCUT2D eigenvalue weighted by Gasteiger charge is -2.08. The summed E-state index contributed by atoms with van der Waals surface area (Å²) in [6.07, 6.45) is 1.61. The number of carbonyl (C=O) groups excluding carboxylic acids is 1. The van der Waals surface area contributed by atoms with Crippen molar-refractivity contribution in [1.82, 2.24) is 0 Å². The van der Waals surface area contributed by atoms with Gasteiger partial charge in [-0.1, -0.05) is 0 Å². The Morgan fingerprint density at radius 2 is 1.73 bits per heavy atom. The molecule has 0 bridgehead atoms. The second kappa shape index (κ2) is 8.76. The van der Waals surface area contributed by atoms with E-state index >= 15 is 0 Å². The molecule has 2 aromatic rings. The van der Waals surface area contributed by atoms with E-state index in [4.69, 9.17) is 4.74 Å². The summed E-state index contributed by atoms with van der Waals surface area (Å²) in [5.74, 6) is -1.37. The number of nitrogens with one attached hydrogen (secondary N) is 1. The molecule has 2 aromatic carbocycles. The number of anilines is 1. The van der Waals surface area contributed by atoms with E-state index in [0.717, 1.165) is 18.4 Å². The quantitative estimate of drug-likeness (QED) is 0.361. The van der Waals surface area contributed by atoms with Crippen LogP contribution in [0.3, 0.4) is 0 Å². The van der Waals surface area contributed by atoms with Gasteiger partial charge >= 0.3 is 0 Å². The van der Waals surface area contributed by atoms with E-state index in [1.165, 1.54) is 24.3 Å². The van der Waals surface area contributed by atoms with Crippen LogP contribution in [0.4, 0.5) is 14.5 Å². The van der Waals surface area contributed by atoms with Gasteiger partial charge in [0.1, 0.15) is 17.4 Å². The molecule has 0 atom stereocenters. The standard InChI is InChI=1S/C17H16F2INO4S/c1-26(23,24)13-6-4-12(5-7-13)25-8-2-3-16(22)21-11-9-14(18)17(20)15(19)10-11/h4-7,9-10H,2-3,8H2,1H3,(H,21,22). The Morgan fingerprint density at radius 3 is 2.27 bits per heavy atom. The van der Waals surface area contributed by atoms with Crippen LogP contribution in [-0.2, 0) is 14.6 Å². The maximum atomic E-state index is 13.4. The van der Waals surface area contributed by atoms with Crippen LogP contribution in [0.25, 0.3) is 0 Å². The second-order valence-corrected chi connectivity index (χ2v) is 8.59. The third-order valence-corrected chi connectivity index (χ3v) is 5.50. The van der Waals surface area contributed by atoms with Crippen molar-refractivity contribution in [3.8, 4) is 5.75 Å². The van der Waals surface area contributed by atoms with Gasteiger partial charge in [-0.25, -0.2) is 17.2 Å². The Labute approximate surface area is 163 Å². The topological polar surface area (TPSA) is 72.5 Å². The van der Waals surface area contributed by atoms with E-state index in [1.54, 1.807) is 22.6 Å². The third kappa shape index (κ3) is 5.90. The Morgan fingerprint density at radius 1 is 1.15 bits per heavy atom. The fraction of sp³-hybridized carbons (Fsp3) is 0.235. The van der Waals surface area contributed by atoms with Crippen LogP contribution in [-0.4, -0.2) is 27.2 Å². The average Bonchev–Trinajstić information content (AvgIpc) is 2.56. The molecule has 0 aliphatic rings. The normalized spacial score (nSPS) is 11.2. The minimum atomic E-state index is -3.26. The van der Waals surface area contributed by atoms with E-state index in [9.17, 15) is 22.0 Å². The molecule has 0 saturated heterocycles. The van der Waals surface area contributed by atoms with Crippen LogP contribution in [0.2, 0.25) is 0 Å². The number of hydrogen-bond donors (Lipinski definition) is 1. The highest BCUT2D eigenvalue weighted by molar-refractivity contribution is 14.1. The number of carbonyl (C=O) groups is 1. The van der Waals surface area contributed by atoms with Crippen molar-refractivity contribution in [3.05, 3.63) is 51.6 Å². The first kappa shape index (κ1) is 20.6. The van der Waals surface area contributed by atoms with Crippen molar-refractivity contribution >= 4 is 44.0 Å². The van der Waals surface area contributed by atoms with Crippen LogP contribution >= 0.6 is 22.6 Å². The van der Waals surface area contributed by atoms with Gasteiger partial charge in [0.15, 0.2) is 9.84 Å². The summed E-state index contributed by atoms with van der Waals surface area (Å²) >= 11 is 1.55. The monoisotopic (exact) mass is 495 g/mol. The molecule has 0 aliphatic carbocycles. The predicted molar refractivity (Wildman–Crippen MR) is 102 cm³/mol. The first-order valence-corrected chi connectivity index (χ1v) is 10.5. The maximum Gasteiger partial charge on any atom is 0.224 e. The fourth-order valence-corrected chi connectivity index (χ4v) is 3.00. The van der Waals surface area contributed by atoms with Gasteiger partial charge in [-0.05, 0) is 65.4 Å². The minimum absolute atomic E-state index is 0.0581. The Balaban J connectivity index is 1.78. The summed E-state index contributed by atoms with van der Waals surface area (Å²) in [6.45, 7) is 0.237. The van der Waals surface area contributed by atoms with Gasteiger partial charge < -0.3 is 10.1 Å². The zero-order valence-electron chi connectivity index (χ0n) is 13.8. The summed E-state index contributed by atoms with van der Waals surface area (Å²) in [6, 6.07) is 8.07. The van der Waals surface area contributed by atoms with Gasteiger partial charge in [-0.15, -0.1) is 0 Å². The number of hydrogen-bond acceptors (Lipinski definition) is 4. The van der Waals surface area contributed by atoms with E-state index in [1.807, 2.05) is 0 Å². The number of benzene rings is 2. The highest BCUT2D eigenvalue weighted by atomic mass is 127. The molecular weight excluding hydrogens is 479 g/mol. The summed E-state index contributed by atoms with van der Waals surface area (Å²) in [4.78, 5) is 12.0. The third-order valence-electron chi connectivity index (χ3n) is 3.34. The number of rotatable bonds is 7. The molecule has 9 heteroatoms. The number of halogens is 3. The maximum absolute atomic E-state index is 13.4. The van der Waals surface area contributed by atoms with Crippen molar-refractivity contribution in [2.24, 2.45) is 0 Å². The van der Waals surface area contributed by atoms with Crippen molar-refractivity contribution < 1.29 is 26.7 Å². The molecule has 0 fully saturated rings. The Hall–Kier alpha value is -1.75. The van der Waals surface area contributed by atoms with Crippen molar-refractivity contribution in [2.75, 3.05) is 18.2 Å². The highest BCUT2D eigenvalue weighted by Crippen LogP contribution is 2.21. The number of sulfone groups is 1. The van der Waals surface area contributed by atoms with Crippen molar-refractivity contribution in [1.29, 1.82) is 0 Å². The molecule has 2 rings (SSSR count). The van der Waals surface area contributed by atoms with Crippen molar-refractivity contribution in [2.45, 2.75) is 17.7 Å². The van der Waals surface area contributed by atoms with Crippen LogP contribution < -0.4 is 10.1 Å². The zero-order chi connectivity index (χ0) is 19.3. The first-order chi connectivity index (χ1) is 12.2. The summed E-state index contributed by atoms with van der Waals surface area (Å²) in [7, 11) is -3.26. The van der Waals surface area contributed by atoms with Gasteiger partial charge in [0.2, 0.25) is 5.91 Å². The molecule has 1 amide bonds. The largest absolute Gasteiger partial charge is 0.494 e. The Bertz CT molecular complexity index is 878. The molecule has 0 unspecified atom stereocenters. The van der Waals surface area contributed by atoms with Gasteiger partial charge in [0, 0.05) is 18.4 Å². The summed E-state index contributed by atoms with van der Waals surface area (Å²) in [5, 5.41) is 2.43. The highest BCUT2D eigenvalue weighted by Gasteiger charge is 2.10. The summed E-state index contributed by atoms with van der Waals surface area (Å²) < 4.78 is 54.9. The average molecular weight is 495 g/mol. The molecule has 5 nitrogen and oxygen atoms in total. The second-order valence-electron chi connectivity index (χ2n) is 5.50. The van der Waals surface area contributed by atoms with Crippen LogP contribution in [0.1, 0.15) is 12.8 Å². The molecule has 0 spiro atoms. The number of ether oxygens (including phenoxy) is 1. The molecule has 0 radical (unpaired) electrons. The van der Waals surface area contributed by atoms with E-state index < -0.39 is 21.5 Å². The minimum Gasteiger partial charge on any atom is -0.494 e. The lowest BCUT2D eigenvalue weighted by atomic mass is 10.2.